The van der Waals surface area contributed by atoms with Gasteiger partial charge in [-0.2, -0.15) is 0 Å². The lowest BCUT2D eigenvalue weighted by atomic mass is 10.2. The number of carbonyl (C=O) groups is 1. The number of hydrogen-bond donors (Lipinski definition) is 1. The molecule has 156 valence electrons. The number of benzene rings is 2. The van der Waals surface area contributed by atoms with Crippen LogP contribution in [-0.2, 0) is 14.8 Å². The lowest BCUT2D eigenvalue weighted by Gasteiger charge is -2.21. The third kappa shape index (κ3) is 5.01. The molecule has 0 saturated carbocycles. The topological polar surface area (TPSA) is 84.9 Å². The SMILES string of the molecule is COc1ccccc1NS(=O)(=O)c1cc(C(=O)N(C)CC2CCCO2)ccc1Cl. The largest absolute Gasteiger partial charge is 0.495 e. The Morgan fingerprint density at radius 1 is 1.31 bits per heavy atom. The van der Waals surface area contributed by atoms with Crippen molar-refractivity contribution >= 4 is 33.2 Å². The number of nitrogens with zero attached hydrogens (tertiary/aromatic N) is 1. The van der Waals surface area contributed by atoms with Crippen LogP contribution in [0.1, 0.15) is 23.2 Å². The van der Waals surface area contributed by atoms with Crippen molar-refractivity contribution in [1.29, 1.82) is 0 Å². The number of hydrogen-bond acceptors (Lipinski definition) is 5. The van der Waals surface area contributed by atoms with Gasteiger partial charge >= 0.3 is 0 Å². The quantitative estimate of drug-likeness (QED) is 0.716. The predicted octanol–water partition coefficient (Wildman–Crippen LogP) is 3.40. The first-order chi connectivity index (χ1) is 13.8. The van der Waals surface area contributed by atoms with E-state index >= 15 is 0 Å². The van der Waals surface area contributed by atoms with E-state index in [1.807, 2.05) is 0 Å². The number of likely N-dealkylation sites (N-methyl/N-ethyl adjacent to an activating group) is 1. The van der Waals surface area contributed by atoms with Gasteiger partial charge in [0, 0.05) is 25.8 Å². The summed E-state index contributed by atoms with van der Waals surface area (Å²) in [6.45, 7) is 1.15. The van der Waals surface area contributed by atoms with Crippen LogP contribution in [0.25, 0.3) is 0 Å². The van der Waals surface area contributed by atoms with Gasteiger partial charge in [-0.05, 0) is 43.2 Å². The number of rotatable bonds is 7. The smallest absolute Gasteiger partial charge is 0.263 e. The Kier molecular flexibility index (Phi) is 6.66. The second-order valence-electron chi connectivity index (χ2n) is 6.77. The summed E-state index contributed by atoms with van der Waals surface area (Å²) in [7, 11) is -0.924. The fourth-order valence-electron chi connectivity index (χ4n) is 3.17. The number of carbonyl (C=O) groups excluding carboxylic acids is 1. The van der Waals surface area contributed by atoms with Gasteiger partial charge in [0.1, 0.15) is 10.6 Å². The zero-order chi connectivity index (χ0) is 21.0. The summed E-state index contributed by atoms with van der Waals surface area (Å²) in [6.07, 6.45) is 1.89. The molecule has 0 spiro atoms. The molecule has 1 unspecified atom stereocenters. The summed E-state index contributed by atoms with van der Waals surface area (Å²) in [5, 5.41) is 0.0192. The first-order valence-corrected chi connectivity index (χ1v) is 11.0. The Morgan fingerprint density at radius 3 is 2.76 bits per heavy atom. The molecule has 29 heavy (non-hydrogen) atoms. The maximum Gasteiger partial charge on any atom is 0.263 e. The monoisotopic (exact) mass is 438 g/mol. The molecule has 2 aromatic rings. The van der Waals surface area contributed by atoms with Crippen molar-refractivity contribution in [2.24, 2.45) is 0 Å². The molecule has 1 heterocycles. The van der Waals surface area contributed by atoms with E-state index in [9.17, 15) is 13.2 Å². The number of sulfonamides is 1. The van der Waals surface area contributed by atoms with Crippen LogP contribution in [0.4, 0.5) is 5.69 Å². The van der Waals surface area contributed by atoms with E-state index in [0.717, 1.165) is 12.8 Å². The molecule has 9 heteroatoms. The summed E-state index contributed by atoms with van der Waals surface area (Å²) < 4.78 is 39.0. The molecule has 2 aromatic carbocycles. The normalized spacial score (nSPS) is 16.4. The van der Waals surface area contributed by atoms with Crippen LogP contribution >= 0.6 is 11.6 Å². The zero-order valence-corrected chi connectivity index (χ0v) is 17.8. The van der Waals surface area contributed by atoms with E-state index in [1.54, 1.807) is 31.3 Å². The van der Waals surface area contributed by atoms with Gasteiger partial charge in [0.25, 0.3) is 15.9 Å². The molecule has 1 N–H and O–H groups in total. The molecule has 1 aliphatic heterocycles. The average Bonchev–Trinajstić information content (AvgIpc) is 3.20. The molecular formula is C20H23ClN2O5S. The molecule has 1 amide bonds. The van der Waals surface area contributed by atoms with Crippen molar-refractivity contribution in [3.63, 3.8) is 0 Å². The number of halogens is 1. The number of ether oxygens (including phenoxy) is 2. The Labute approximate surface area is 175 Å². The van der Waals surface area contributed by atoms with Gasteiger partial charge in [0.15, 0.2) is 0 Å². The lowest BCUT2D eigenvalue weighted by molar-refractivity contribution is 0.0587. The molecule has 1 atom stereocenters. The Morgan fingerprint density at radius 2 is 2.07 bits per heavy atom. The van der Waals surface area contributed by atoms with Gasteiger partial charge < -0.3 is 14.4 Å². The third-order valence-electron chi connectivity index (χ3n) is 4.67. The van der Waals surface area contributed by atoms with Gasteiger partial charge in [-0.25, -0.2) is 8.42 Å². The maximum absolute atomic E-state index is 12.9. The molecule has 1 aliphatic rings. The molecular weight excluding hydrogens is 416 g/mol. The number of nitrogens with one attached hydrogen (secondary N) is 1. The Hall–Kier alpha value is -2.29. The molecule has 0 aliphatic carbocycles. The molecule has 0 bridgehead atoms. The second kappa shape index (κ2) is 9.02. The maximum atomic E-state index is 12.9. The van der Waals surface area contributed by atoms with E-state index in [4.69, 9.17) is 21.1 Å². The second-order valence-corrected chi connectivity index (χ2v) is 8.83. The van der Waals surface area contributed by atoms with E-state index in [-0.39, 0.29) is 33.2 Å². The molecule has 3 rings (SSSR count). The molecule has 0 radical (unpaired) electrons. The molecule has 0 aromatic heterocycles. The van der Waals surface area contributed by atoms with Crippen molar-refractivity contribution in [2.75, 3.05) is 32.0 Å². The predicted molar refractivity (Wildman–Crippen MR) is 111 cm³/mol. The van der Waals surface area contributed by atoms with Gasteiger partial charge in [-0.1, -0.05) is 23.7 Å². The van der Waals surface area contributed by atoms with Crippen LogP contribution in [0.3, 0.4) is 0 Å². The van der Waals surface area contributed by atoms with E-state index in [2.05, 4.69) is 4.72 Å². The van der Waals surface area contributed by atoms with Crippen molar-refractivity contribution in [3.8, 4) is 5.75 Å². The van der Waals surface area contributed by atoms with Crippen molar-refractivity contribution in [2.45, 2.75) is 23.8 Å². The Balaban J connectivity index is 1.84. The van der Waals surface area contributed by atoms with Crippen LogP contribution in [0, 0.1) is 0 Å². The first kappa shape index (κ1) is 21.4. The number of para-hydroxylation sites is 2. The lowest BCUT2D eigenvalue weighted by Crippen LogP contribution is -2.34. The summed E-state index contributed by atoms with van der Waals surface area (Å²) in [5.74, 6) is 0.0710. The molecule has 1 saturated heterocycles. The van der Waals surface area contributed by atoms with Crippen molar-refractivity contribution in [3.05, 3.63) is 53.1 Å². The van der Waals surface area contributed by atoms with Gasteiger partial charge in [-0.15, -0.1) is 0 Å². The van der Waals surface area contributed by atoms with E-state index in [1.165, 1.54) is 30.2 Å². The first-order valence-electron chi connectivity index (χ1n) is 9.14. The highest BCUT2D eigenvalue weighted by Crippen LogP contribution is 2.29. The summed E-state index contributed by atoms with van der Waals surface area (Å²) >= 11 is 6.15. The number of amides is 1. The fraction of sp³-hybridized carbons (Fsp3) is 0.350. The minimum Gasteiger partial charge on any atom is -0.495 e. The van der Waals surface area contributed by atoms with E-state index in [0.29, 0.717) is 18.9 Å². The Bertz CT molecular complexity index is 990. The van der Waals surface area contributed by atoms with Crippen molar-refractivity contribution in [1.82, 2.24) is 4.90 Å². The molecule has 1 fully saturated rings. The van der Waals surface area contributed by atoms with Crippen LogP contribution in [0.5, 0.6) is 5.75 Å². The van der Waals surface area contributed by atoms with Gasteiger partial charge in [0.05, 0.1) is 23.9 Å². The highest BCUT2D eigenvalue weighted by molar-refractivity contribution is 7.92. The van der Waals surface area contributed by atoms with Gasteiger partial charge in [0.2, 0.25) is 0 Å². The summed E-state index contributed by atoms with van der Waals surface area (Å²) in [6, 6.07) is 10.8. The number of methoxy groups -OCH3 is 1. The third-order valence-corrected chi connectivity index (χ3v) is 6.51. The fourth-order valence-corrected chi connectivity index (χ4v) is 4.77. The highest BCUT2D eigenvalue weighted by atomic mass is 35.5. The number of anilines is 1. The van der Waals surface area contributed by atoms with Crippen LogP contribution in [0.15, 0.2) is 47.4 Å². The van der Waals surface area contributed by atoms with Gasteiger partial charge in [-0.3, -0.25) is 9.52 Å². The van der Waals surface area contributed by atoms with Crippen LogP contribution in [0.2, 0.25) is 5.02 Å². The molecule has 7 nitrogen and oxygen atoms in total. The summed E-state index contributed by atoms with van der Waals surface area (Å²) in [4.78, 5) is 14.1. The highest BCUT2D eigenvalue weighted by Gasteiger charge is 2.24. The standard InChI is InChI=1S/C20H23ClN2O5S/c1-23(13-15-6-5-11-28-15)20(24)14-9-10-16(21)19(12-14)29(25,26)22-17-7-3-4-8-18(17)27-2/h3-4,7-10,12,15,22H,5-6,11,13H2,1-2H3. The van der Waals surface area contributed by atoms with Crippen LogP contribution in [-0.4, -0.2) is 52.6 Å². The van der Waals surface area contributed by atoms with Crippen LogP contribution < -0.4 is 9.46 Å². The van der Waals surface area contributed by atoms with Crippen molar-refractivity contribution < 1.29 is 22.7 Å². The zero-order valence-electron chi connectivity index (χ0n) is 16.2. The minimum atomic E-state index is -4.04. The van der Waals surface area contributed by atoms with E-state index < -0.39 is 10.0 Å². The summed E-state index contributed by atoms with van der Waals surface area (Å²) in [5.41, 5.74) is 0.508. The minimum absolute atomic E-state index is 0.00617. The average molecular weight is 439 g/mol.